The van der Waals surface area contributed by atoms with Gasteiger partial charge in [-0.1, -0.05) is 36.4 Å². The lowest BCUT2D eigenvalue weighted by Crippen LogP contribution is -2.39. The zero-order valence-electron chi connectivity index (χ0n) is 14.6. The number of hydrogen-bond acceptors (Lipinski definition) is 2. The highest BCUT2D eigenvalue weighted by atomic mass is 16.5. The van der Waals surface area contributed by atoms with Crippen LogP contribution in [-0.4, -0.2) is 12.1 Å². The Morgan fingerprint density at radius 3 is 2.35 bits per heavy atom. The van der Waals surface area contributed by atoms with Crippen LogP contribution < -0.4 is 15.0 Å². The van der Waals surface area contributed by atoms with Gasteiger partial charge in [0.05, 0.1) is 0 Å². The van der Waals surface area contributed by atoms with Crippen LogP contribution in [0.25, 0.3) is 0 Å². The normalized spacial score (nSPS) is 15.4. The SMILES string of the molecule is CC1Cc2ccccc2N1C(=O)Nc1ccc(Oc2ccccc2)cc1. The van der Waals surface area contributed by atoms with Crippen molar-refractivity contribution in [2.75, 3.05) is 10.2 Å². The maximum Gasteiger partial charge on any atom is 0.326 e. The van der Waals surface area contributed by atoms with Gasteiger partial charge in [0.25, 0.3) is 0 Å². The highest BCUT2D eigenvalue weighted by molar-refractivity contribution is 6.03. The fourth-order valence-corrected chi connectivity index (χ4v) is 3.29. The van der Waals surface area contributed by atoms with E-state index in [0.717, 1.165) is 29.3 Å². The van der Waals surface area contributed by atoms with E-state index in [2.05, 4.69) is 18.3 Å². The topological polar surface area (TPSA) is 41.6 Å². The number of hydrogen-bond donors (Lipinski definition) is 1. The van der Waals surface area contributed by atoms with Crippen LogP contribution in [0.4, 0.5) is 16.2 Å². The molecule has 0 aromatic heterocycles. The number of fused-ring (bicyclic) bond motifs is 1. The zero-order chi connectivity index (χ0) is 17.9. The molecule has 26 heavy (non-hydrogen) atoms. The van der Waals surface area contributed by atoms with Crippen molar-refractivity contribution in [1.82, 2.24) is 0 Å². The molecule has 1 heterocycles. The summed E-state index contributed by atoms with van der Waals surface area (Å²) in [6.07, 6.45) is 0.882. The number of nitrogens with one attached hydrogen (secondary N) is 1. The van der Waals surface area contributed by atoms with Crippen LogP contribution in [0.1, 0.15) is 12.5 Å². The smallest absolute Gasteiger partial charge is 0.326 e. The predicted octanol–water partition coefficient (Wildman–Crippen LogP) is 5.46. The first kappa shape index (κ1) is 16.2. The van der Waals surface area contributed by atoms with Crippen LogP contribution in [0, 0.1) is 0 Å². The van der Waals surface area contributed by atoms with Gasteiger partial charge in [-0.25, -0.2) is 4.79 Å². The Hall–Kier alpha value is -3.27. The van der Waals surface area contributed by atoms with E-state index in [0.29, 0.717) is 0 Å². The summed E-state index contributed by atoms with van der Waals surface area (Å²) in [6.45, 7) is 2.07. The average molecular weight is 344 g/mol. The summed E-state index contributed by atoms with van der Waals surface area (Å²) in [7, 11) is 0. The lowest BCUT2D eigenvalue weighted by molar-refractivity contribution is 0.256. The highest BCUT2D eigenvalue weighted by Crippen LogP contribution is 2.32. The molecule has 3 aromatic carbocycles. The van der Waals surface area contributed by atoms with Crippen molar-refractivity contribution in [3.8, 4) is 11.5 Å². The van der Waals surface area contributed by atoms with E-state index in [1.807, 2.05) is 77.7 Å². The molecule has 1 atom stereocenters. The van der Waals surface area contributed by atoms with Crippen molar-refractivity contribution in [2.24, 2.45) is 0 Å². The molecule has 3 aromatic rings. The molecular formula is C22H20N2O2. The molecular weight excluding hydrogens is 324 g/mol. The second kappa shape index (κ2) is 6.92. The number of rotatable bonds is 3. The number of para-hydroxylation sites is 2. The van der Waals surface area contributed by atoms with Gasteiger partial charge < -0.3 is 10.1 Å². The Bertz CT molecular complexity index is 907. The quantitative estimate of drug-likeness (QED) is 0.685. The number of urea groups is 1. The molecule has 0 bridgehead atoms. The summed E-state index contributed by atoms with van der Waals surface area (Å²) in [6, 6.07) is 25.1. The number of carbonyl (C=O) groups excluding carboxylic acids is 1. The van der Waals surface area contributed by atoms with Gasteiger partial charge in [0, 0.05) is 17.4 Å². The monoisotopic (exact) mass is 344 g/mol. The fourth-order valence-electron chi connectivity index (χ4n) is 3.29. The number of nitrogens with zero attached hydrogens (tertiary/aromatic N) is 1. The third-order valence-corrected chi connectivity index (χ3v) is 4.51. The predicted molar refractivity (Wildman–Crippen MR) is 104 cm³/mol. The molecule has 4 nitrogen and oxygen atoms in total. The van der Waals surface area contributed by atoms with Crippen LogP contribution >= 0.6 is 0 Å². The highest BCUT2D eigenvalue weighted by Gasteiger charge is 2.30. The minimum atomic E-state index is -0.112. The van der Waals surface area contributed by atoms with Gasteiger partial charge in [0.1, 0.15) is 11.5 Å². The number of anilines is 2. The van der Waals surface area contributed by atoms with Crippen molar-refractivity contribution in [1.29, 1.82) is 0 Å². The maximum absolute atomic E-state index is 12.7. The summed E-state index contributed by atoms with van der Waals surface area (Å²) < 4.78 is 5.78. The van der Waals surface area contributed by atoms with E-state index in [9.17, 15) is 4.79 Å². The van der Waals surface area contributed by atoms with Crippen LogP contribution in [0.3, 0.4) is 0 Å². The Morgan fingerprint density at radius 1 is 0.923 bits per heavy atom. The molecule has 4 heteroatoms. The number of amides is 2. The van der Waals surface area contributed by atoms with Crippen LogP contribution in [0.15, 0.2) is 78.9 Å². The summed E-state index contributed by atoms with van der Waals surface area (Å²) in [5.74, 6) is 1.51. The van der Waals surface area contributed by atoms with Crippen LogP contribution in [-0.2, 0) is 6.42 Å². The number of carbonyl (C=O) groups is 1. The Morgan fingerprint density at radius 2 is 1.58 bits per heavy atom. The Labute approximate surface area is 153 Å². The van der Waals surface area contributed by atoms with Gasteiger partial charge in [0.2, 0.25) is 0 Å². The third kappa shape index (κ3) is 3.26. The minimum absolute atomic E-state index is 0.112. The lowest BCUT2D eigenvalue weighted by Gasteiger charge is -2.23. The van der Waals surface area contributed by atoms with Gasteiger partial charge in [-0.2, -0.15) is 0 Å². The summed E-state index contributed by atoms with van der Waals surface area (Å²) in [5, 5.41) is 2.98. The largest absolute Gasteiger partial charge is 0.457 e. The molecule has 4 rings (SSSR count). The molecule has 2 amide bonds. The summed E-state index contributed by atoms with van der Waals surface area (Å²) in [5.41, 5.74) is 2.94. The van der Waals surface area contributed by atoms with E-state index in [1.165, 1.54) is 5.56 Å². The lowest BCUT2D eigenvalue weighted by atomic mass is 10.1. The molecule has 1 aliphatic heterocycles. The molecule has 1 N–H and O–H groups in total. The molecule has 0 saturated heterocycles. The van der Waals surface area contributed by atoms with Crippen molar-refractivity contribution in [3.05, 3.63) is 84.4 Å². The number of ether oxygens (including phenoxy) is 1. The van der Waals surface area contributed by atoms with Gasteiger partial charge in [-0.3, -0.25) is 4.90 Å². The van der Waals surface area contributed by atoms with Crippen molar-refractivity contribution in [3.63, 3.8) is 0 Å². The molecule has 0 spiro atoms. The van der Waals surface area contributed by atoms with E-state index in [4.69, 9.17) is 4.74 Å². The Balaban J connectivity index is 1.45. The molecule has 0 aliphatic carbocycles. The summed E-state index contributed by atoms with van der Waals surface area (Å²) >= 11 is 0. The second-order valence-corrected chi connectivity index (χ2v) is 6.42. The van der Waals surface area contributed by atoms with E-state index >= 15 is 0 Å². The average Bonchev–Trinajstić information content (AvgIpc) is 3.00. The third-order valence-electron chi connectivity index (χ3n) is 4.51. The molecule has 0 saturated carbocycles. The first-order valence-electron chi connectivity index (χ1n) is 8.72. The number of benzene rings is 3. The van der Waals surface area contributed by atoms with Crippen molar-refractivity contribution < 1.29 is 9.53 Å². The van der Waals surface area contributed by atoms with Crippen molar-refractivity contribution >= 4 is 17.4 Å². The van der Waals surface area contributed by atoms with Gasteiger partial charge in [0.15, 0.2) is 0 Å². The molecule has 0 radical (unpaired) electrons. The van der Waals surface area contributed by atoms with E-state index < -0.39 is 0 Å². The van der Waals surface area contributed by atoms with E-state index in [1.54, 1.807) is 0 Å². The van der Waals surface area contributed by atoms with Gasteiger partial charge in [-0.05, 0) is 61.4 Å². The molecule has 130 valence electrons. The van der Waals surface area contributed by atoms with Gasteiger partial charge in [-0.15, -0.1) is 0 Å². The molecule has 0 fully saturated rings. The Kier molecular flexibility index (Phi) is 4.32. The van der Waals surface area contributed by atoms with Crippen LogP contribution in [0.2, 0.25) is 0 Å². The van der Waals surface area contributed by atoms with Crippen molar-refractivity contribution in [2.45, 2.75) is 19.4 Å². The van der Waals surface area contributed by atoms with E-state index in [-0.39, 0.29) is 12.1 Å². The van der Waals surface area contributed by atoms with Gasteiger partial charge >= 0.3 is 6.03 Å². The second-order valence-electron chi connectivity index (χ2n) is 6.42. The summed E-state index contributed by atoms with van der Waals surface area (Å²) in [4.78, 5) is 14.6. The molecule has 1 aliphatic rings. The minimum Gasteiger partial charge on any atom is -0.457 e. The first-order chi connectivity index (χ1) is 12.7. The zero-order valence-corrected chi connectivity index (χ0v) is 14.6. The fraction of sp³-hybridized carbons (Fsp3) is 0.136. The standard InChI is InChI=1S/C22H20N2O2/c1-16-15-17-7-5-6-10-21(17)24(16)22(25)23-18-11-13-20(14-12-18)26-19-8-3-2-4-9-19/h2-14,16H,15H2,1H3,(H,23,25). The van der Waals surface area contributed by atoms with Crippen LogP contribution in [0.5, 0.6) is 11.5 Å². The molecule has 1 unspecified atom stereocenters. The maximum atomic E-state index is 12.7. The first-order valence-corrected chi connectivity index (χ1v) is 8.72.